The van der Waals surface area contributed by atoms with E-state index in [4.69, 9.17) is 0 Å². The lowest BCUT2D eigenvalue weighted by molar-refractivity contribution is -0.138. The van der Waals surface area contributed by atoms with E-state index in [0.717, 1.165) is 11.1 Å². The fourth-order valence-electron chi connectivity index (χ4n) is 1.35. The number of hydrogen-bond donors (Lipinski definition) is 1. The lowest BCUT2D eigenvalue weighted by Gasteiger charge is -2.02. The normalized spacial score (nSPS) is 10.2. The fraction of sp³-hybridized carbons (Fsp3) is 0.182. The van der Waals surface area contributed by atoms with Gasteiger partial charge in [0, 0.05) is 15.5 Å². The Hall–Kier alpha value is -1.55. The molecule has 0 fully saturated rings. The van der Waals surface area contributed by atoms with E-state index in [1.807, 2.05) is 23.6 Å². The average molecular weight is 221 g/mol. The zero-order chi connectivity index (χ0) is 10.7. The first kappa shape index (κ1) is 9.98. The van der Waals surface area contributed by atoms with Crippen molar-refractivity contribution in [1.82, 2.24) is 0 Å². The number of rotatable bonds is 3. The van der Waals surface area contributed by atoms with Crippen LogP contribution in [0.1, 0.15) is 0 Å². The van der Waals surface area contributed by atoms with Crippen LogP contribution < -0.4 is 5.32 Å². The summed E-state index contributed by atoms with van der Waals surface area (Å²) in [5, 5.41) is 6.21. The van der Waals surface area contributed by atoms with Crippen LogP contribution >= 0.6 is 11.3 Å². The lowest BCUT2D eigenvalue weighted by Crippen LogP contribution is -2.14. The molecule has 0 saturated heterocycles. The Labute approximate surface area is 91.7 Å². The third kappa shape index (κ3) is 2.10. The summed E-state index contributed by atoms with van der Waals surface area (Å²) in [5.41, 5.74) is 0.987. The molecule has 78 valence electrons. The highest BCUT2D eigenvalue weighted by molar-refractivity contribution is 7.17. The van der Waals surface area contributed by atoms with E-state index < -0.39 is 0 Å². The van der Waals surface area contributed by atoms with Gasteiger partial charge in [-0.3, -0.25) is 4.79 Å². The number of carbonyl (C=O) groups excluding carboxylic acids is 1. The van der Waals surface area contributed by atoms with Gasteiger partial charge in [0.15, 0.2) is 0 Å². The Kier molecular flexibility index (Phi) is 2.87. The third-order valence-corrected chi connectivity index (χ3v) is 3.10. The Morgan fingerprint density at radius 2 is 2.27 bits per heavy atom. The van der Waals surface area contributed by atoms with Crippen molar-refractivity contribution in [3.05, 3.63) is 29.6 Å². The molecular formula is C11H11NO2S. The van der Waals surface area contributed by atoms with E-state index in [2.05, 4.69) is 16.1 Å². The van der Waals surface area contributed by atoms with E-state index in [1.165, 1.54) is 11.8 Å². The standard InChI is InChI=1S/C11H11NO2S/c1-14-11(13)6-12-9-7-15-10-5-3-2-4-8(9)10/h2-5,7,12H,6H2,1H3. The Morgan fingerprint density at radius 1 is 1.47 bits per heavy atom. The maximum Gasteiger partial charge on any atom is 0.325 e. The lowest BCUT2D eigenvalue weighted by atomic mass is 10.2. The number of benzene rings is 1. The topological polar surface area (TPSA) is 38.3 Å². The zero-order valence-electron chi connectivity index (χ0n) is 8.32. The summed E-state index contributed by atoms with van der Waals surface area (Å²) in [6, 6.07) is 8.08. The molecule has 3 nitrogen and oxygen atoms in total. The van der Waals surface area contributed by atoms with E-state index in [0.29, 0.717) is 0 Å². The fourth-order valence-corrected chi connectivity index (χ4v) is 2.27. The Bertz CT molecular complexity index is 478. The van der Waals surface area contributed by atoms with Crippen LogP contribution in [0.3, 0.4) is 0 Å². The summed E-state index contributed by atoms with van der Waals surface area (Å²) in [4.78, 5) is 11.0. The molecule has 0 amide bonds. The summed E-state index contributed by atoms with van der Waals surface area (Å²) in [6.07, 6.45) is 0. The molecule has 1 N–H and O–H groups in total. The van der Waals surface area contributed by atoms with Gasteiger partial charge < -0.3 is 10.1 Å². The zero-order valence-corrected chi connectivity index (χ0v) is 9.14. The van der Waals surface area contributed by atoms with Crippen LogP contribution in [-0.2, 0) is 9.53 Å². The van der Waals surface area contributed by atoms with Crippen LogP contribution in [0.2, 0.25) is 0 Å². The van der Waals surface area contributed by atoms with E-state index in [1.54, 1.807) is 11.3 Å². The van der Waals surface area contributed by atoms with Gasteiger partial charge in [-0.1, -0.05) is 18.2 Å². The summed E-state index contributed by atoms with van der Waals surface area (Å²) in [5.74, 6) is -0.259. The quantitative estimate of drug-likeness (QED) is 0.809. The van der Waals surface area contributed by atoms with Crippen molar-refractivity contribution in [3.63, 3.8) is 0 Å². The van der Waals surface area contributed by atoms with Crippen molar-refractivity contribution in [3.8, 4) is 0 Å². The second-order valence-electron chi connectivity index (χ2n) is 3.08. The van der Waals surface area contributed by atoms with E-state index >= 15 is 0 Å². The van der Waals surface area contributed by atoms with Gasteiger partial charge in [-0.25, -0.2) is 0 Å². The van der Waals surface area contributed by atoms with Crippen LogP contribution in [0.5, 0.6) is 0 Å². The van der Waals surface area contributed by atoms with Gasteiger partial charge in [0.25, 0.3) is 0 Å². The number of esters is 1. The number of methoxy groups -OCH3 is 1. The minimum Gasteiger partial charge on any atom is -0.468 e. The van der Waals surface area contributed by atoms with Crippen molar-refractivity contribution in [2.75, 3.05) is 19.0 Å². The molecule has 1 aromatic heterocycles. The van der Waals surface area contributed by atoms with Crippen molar-refractivity contribution in [1.29, 1.82) is 0 Å². The average Bonchev–Trinajstić information content (AvgIpc) is 2.69. The number of fused-ring (bicyclic) bond motifs is 1. The third-order valence-electron chi connectivity index (χ3n) is 2.13. The van der Waals surface area contributed by atoms with Gasteiger partial charge in [-0.05, 0) is 6.07 Å². The molecular weight excluding hydrogens is 210 g/mol. The summed E-state index contributed by atoms with van der Waals surface area (Å²) in [6.45, 7) is 0.206. The first-order chi connectivity index (χ1) is 7.31. The van der Waals surface area contributed by atoms with Crippen LogP contribution in [-0.4, -0.2) is 19.6 Å². The molecule has 0 bridgehead atoms. The smallest absolute Gasteiger partial charge is 0.325 e. The van der Waals surface area contributed by atoms with E-state index in [-0.39, 0.29) is 12.5 Å². The number of nitrogens with one attached hydrogen (secondary N) is 1. The van der Waals surface area contributed by atoms with Crippen molar-refractivity contribution in [2.45, 2.75) is 0 Å². The molecule has 0 atom stereocenters. The molecule has 0 aliphatic heterocycles. The van der Waals surface area contributed by atoms with Gasteiger partial charge in [0.1, 0.15) is 6.54 Å². The molecule has 0 aliphatic carbocycles. The Balaban J connectivity index is 2.18. The summed E-state index contributed by atoms with van der Waals surface area (Å²) >= 11 is 1.66. The maximum absolute atomic E-state index is 11.0. The molecule has 2 rings (SSSR count). The Morgan fingerprint density at radius 3 is 3.07 bits per heavy atom. The second-order valence-corrected chi connectivity index (χ2v) is 3.99. The highest BCUT2D eigenvalue weighted by Crippen LogP contribution is 2.29. The number of thiophene rings is 1. The van der Waals surface area contributed by atoms with Gasteiger partial charge in [0.2, 0.25) is 0 Å². The molecule has 0 aliphatic rings. The van der Waals surface area contributed by atoms with Gasteiger partial charge in [0.05, 0.1) is 12.8 Å². The predicted octanol–water partition coefficient (Wildman–Crippen LogP) is 2.49. The molecule has 0 spiro atoms. The van der Waals surface area contributed by atoms with Crippen LogP contribution in [0.15, 0.2) is 29.6 Å². The molecule has 1 aromatic carbocycles. The van der Waals surface area contributed by atoms with Crippen LogP contribution in [0.25, 0.3) is 10.1 Å². The molecule has 4 heteroatoms. The van der Waals surface area contributed by atoms with Gasteiger partial charge >= 0.3 is 5.97 Å². The number of ether oxygens (including phenoxy) is 1. The minimum absolute atomic E-state index is 0.206. The SMILES string of the molecule is COC(=O)CNc1csc2ccccc12. The van der Waals surface area contributed by atoms with Crippen molar-refractivity contribution < 1.29 is 9.53 Å². The molecule has 0 unspecified atom stereocenters. The highest BCUT2D eigenvalue weighted by atomic mass is 32.1. The molecule has 1 heterocycles. The molecule has 0 saturated carbocycles. The van der Waals surface area contributed by atoms with Crippen LogP contribution in [0.4, 0.5) is 5.69 Å². The van der Waals surface area contributed by atoms with E-state index in [9.17, 15) is 4.79 Å². The first-order valence-corrected chi connectivity index (χ1v) is 5.46. The number of carbonyl (C=O) groups is 1. The van der Waals surface area contributed by atoms with Gasteiger partial charge in [-0.15, -0.1) is 11.3 Å². The maximum atomic E-state index is 11.0. The monoisotopic (exact) mass is 221 g/mol. The second kappa shape index (κ2) is 4.31. The minimum atomic E-state index is -0.259. The number of hydrogen-bond acceptors (Lipinski definition) is 4. The summed E-state index contributed by atoms with van der Waals surface area (Å²) < 4.78 is 5.78. The summed E-state index contributed by atoms with van der Waals surface area (Å²) in [7, 11) is 1.38. The largest absolute Gasteiger partial charge is 0.468 e. The van der Waals surface area contributed by atoms with Crippen molar-refractivity contribution >= 4 is 33.1 Å². The first-order valence-electron chi connectivity index (χ1n) is 4.58. The number of anilines is 1. The van der Waals surface area contributed by atoms with Crippen LogP contribution in [0, 0.1) is 0 Å². The molecule has 2 aromatic rings. The predicted molar refractivity (Wildman–Crippen MR) is 62.3 cm³/mol. The molecule has 15 heavy (non-hydrogen) atoms. The van der Waals surface area contributed by atoms with Gasteiger partial charge in [-0.2, -0.15) is 0 Å². The van der Waals surface area contributed by atoms with Crippen molar-refractivity contribution in [2.24, 2.45) is 0 Å². The highest BCUT2D eigenvalue weighted by Gasteiger charge is 2.04. The molecule has 0 radical (unpaired) electrons.